The molecule has 0 aromatic heterocycles. The Labute approximate surface area is 148 Å². The third-order valence-electron chi connectivity index (χ3n) is 4.73. The highest BCUT2D eigenvalue weighted by Crippen LogP contribution is 2.36. The van der Waals surface area contributed by atoms with Crippen LogP contribution < -0.4 is 11.1 Å². The minimum absolute atomic E-state index is 0.0311. The van der Waals surface area contributed by atoms with Crippen LogP contribution in [-0.2, 0) is 16.3 Å². The van der Waals surface area contributed by atoms with Gasteiger partial charge in [0.2, 0.25) is 9.84 Å². The highest BCUT2D eigenvalue weighted by atomic mass is 32.2. The Bertz CT molecular complexity index is 863. The largest absolute Gasteiger partial charge is 0.370 e. The predicted molar refractivity (Wildman–Crippen MR) is 98.5 cm³/mol. The fourth-order valence-electron chi connectivity index (χ4n) is 3.46. The summed E-state index contributed by atoms with van der Waals surface area (Å²) >= 11 is 0. The van der Waals surface area contributed by atoms with E-state index in [2.05, 4.69) is 5.32 Å². The van der Waals surface area contributed by atoms with Gasteiger partial charge in [-0.3, -0.25) is 5.41 Å². The molecular weight excluding hydrogens is 334 g/mol. The number of hydrogen-bond acceptors (Lipinski definition) is 3. The summed E-state index contributed by atoms with van der Waals surface area (Å²) in [4.78, 5) is 0.671. The number of benzene rings is 2. The number of aryl methyl sites for hydroxylation is 1. The number of nitrogens with one attached hydrogen (secondary N) is 2. The molecule has 25 heavy (non-hydrogen) atoms. The van der Waals surface area contributed by atoms with Crippen molar-refractivity contribution in [1.82, 2.24) is 5.32 Å². The molecule has 4 N–H and O–H groups in total. The Morgan fingerprint density at radius 3 is 2.64 bits per heavy atom. The molecule has 0 spiro atoms. The monoisotopic (exact) mass is 357 g/mol. The Morgan fingerprint density at radius 1 is 1.16 bits per heavy atom. The molecule has 1 unspecified atom stereocenters. The lowest BCUT2D eigenvalue weighted by atomic mass is 9.81. The van der Waals surface area contributed by atoms with Crippen molar-refractivity contribution in [2.24, 2.45) is 5.73 Å². The van der Waals surface area contributed by atoms with Crippen LogP contribution in [0, 0.1) is 5.41 Å². The van der Waals surface area contributed by atoms with Crippen molar-refractivity contribution in [2.45, 2.75) is 41.4 Å². The molecule has 132 valence electrons. The van der Waals surface area contributed by atoms with E-state index in [4.69, 9.17) is 11.1 Å². The average Bonchev–Trinajstić information content (AvgIpc) is 2.62. The second kappa shape index (κ2) is 7.27. The maximum absolute atomic E-state index is 12.9. The Kier molecular flexibility index (Phi) is 5.08. The molecule has 0 fully saturated rings. The van der Waals surface area contributed by atoms with Gasteiger partial charge in [0.05, 0.1) is 9.79 Å². The van der Waals surface area contributed by atoms with Crippen LogP contribution in [0.4, 0.5) is 0 Å². The van der Waals surface area contributed by atoms with Gasteiger partial charge in [-0.15, -0.1) is 0 Å². The quantitative estimate of drug-likeness (QED) is 0.566. The van der Waals surface area contributed by atoms with Gasteiger partial charge < -0.3 is 11.1 Å². The van der Waals surface area contributed by atoms with Crippen LogP contribution >= 0.6 is 0 Å². The van der Waals surface area contributed by atoms with Gasteiger partial charge in [0, 0.05) is 6.54 Å². The molecule has 1 aliphatic rings. The number of hydrogen-bond donors (Lipinski definition) is 3. The highest BCUT2D eigenvalue weighted by molar-refractivity contribution is 7.91. The van der Waals surface area contributed by atoms with Crippen molar-refractivity contribution in [2.75, 3.05) is 6.54 Å². The Balaban J connectivity index is 1.91. The van der Waals surface area contributed by atoms with Gasteiger partial charge in [-0.05, 0) is 67.0 Å². The SMILES string of the molecule is N=C(N)NCCC1CCCc2ccc(S(=O)(=O)c3ccccc3)cc21. The van der Waals surface area contributed by atoms with E-state index in [0.717, 1.165) is 31.2 Å². The first-order chi connectivity index (χ1) is 12.0. The molecule has 0 aliphatic heterocycles. The van der Waals surface area contributed by atoms with Gasteiger partial charge in [-0.1, -0.05) is 24.3 Å². The molecule has 1 atom stereocenters. The van der Waals surface area contributed by atoms with Gasteiger partial charge in [0.1, 0.15) is 0 Å². The second-order valence-corrected chi connectivity index (χ2v) is 8.35. The number of sulfone groups is 1. The van der Waals surface area contributed by atoms with E-state index >= 15 is 0 Å². The van der Waals surface area contributed by atoms with Gasteiger partial charge in [-0.2, -0.15) is 0 Å². The molecule has 2 aromatic rings. The van der Waals surface area contributed by atoms with Crippen LogP contribution in [0.2, 0.25) is 0 Å². The topological polar surface area (TPSA) is 96.0 Å². The van der Waals surface area contributed by atoms with E-state index in [1.165, 1.54) is 5.56 Å². The molecule has 3 rings (SSSR count). The third-order valence-corrected chi connectivity index (χ3v) is 6.50. The van der Waals surface area contributed by atoms with Crippen molar-refractivity contribution >= 4 is 15.8 Å². The summed E-state index contributed by atoms with van der Waals surface area (Å²) in [5, 5.41) is 10.1. The zero-order valence-corrected chi connectivity index (χ0v) is 14.9. The third kappa shape index (κ3) is 3.85. The summed E-state index contributed by atoms with van der Waals surface area (Å²) < 4.78 is 25.7. The first-order valence-electron chi connectivity index (χ1n) is 8.49. The van der Waals surface area contributed by atoms with E-state index in [-0.39, 0.29) is 5.96 Å². The first-order valence-corrected chi connectivity index (χ1v) is 9.97. The van der Waals surface area contributed by atoms with E-state index in [1.807, 2.05) is 18.2 Å². The van der Waals surface area contributed by atoms with E-state index < -0.39 is 9.84 Å². The summed E-state index contributed by atoms with van der Waals surface area (Å²) in [6.07, 6.45) is 3.95. The predicted octanol–water partition coefficient (Wildman–Crippen LogP) is 2.81. The minimum Gasteiger partial charge on any atom is -0.370 e. The van der Waals surface area contributed by atoms with Crippen molar-refractivity contribution in [3.63, 3.8) is 0 Å². The first kappa shape index (κ1) is 17.5. The molecule has 0 saturated heterocycles. The Hall–Kier alpha value is -2.34. The van der Waals surface area contributed by atoms with Gasteiger partial charge >= 0.3 is 0 Å². The fourth-order valence-corrected chi connectivity index (χ4v) is 4.78. The number of rotatable bonds is 5. The Morgan fingerprint density at radius 2 is 1.92 bits per heavy atom. The highest BCUT2D eigenvalue weighted by Gasteiger charge is 2.24. The molecule has 0 heterocycles. The van der Waals surface area contributed by atoms with Crippen LogP contribution in [0.25, 0.3) is 0 Å². The van der Waals surface area contributed by atoms with Crippen molar-refractivity contribution in [3.8, 4) is 0 Å². The lowest BCUT2D eigenvalue weighted by Crippen LogP contribution is -2.32. The zero-order valence-electron chi connectivity index (χ0n) is 14.0. The lowest BCUT2D eigenvalue weighted by molar-refractivity contribution is 0.515. The summed E-state index contributed by atoms with van der Waals surface area (Å²) in [5.41, 5.74) is 7.69. The summed E-state index contributed by atoms with van der Waals surface area (Å²) in [7, 11) is -3.50. The van der Waals surface area contributed by atoms with Crippen LogP contribution in [0.15, 0.2) is 58.3 Å². The van der Waals surface area contributed by atoms with Crippen molar-refractivity contribution < 1.29 is 8.42 Å². The minimum atomic E-state index is -3.50. The van der Waals surface area contributed by atoms with E-state index in [9.17, 15) is 8.42 Å². The standard InChI is InChI=1S/C19H23N3O2S/c20-19(21)22-12-11-15-6-4-5-14-9-10-17(13-18(14)15)25(23,24)16-7-2-1-3-8-16/h1-3,7-10,13,15H,4-6,11-12H2,(H4,20,21,22). The van der Waals surface area contributed by atoms with Crippen LogP contribution in [-0.4, -0.2) is 20.9 Å². The lowest BCUT2D eigenvalue weighted by Gasteiger charge is -2.26. The molecule has 2 aromatic carbocycles. The van der Waals surface area contributed by atoms with Crippen LogP contribution in [0.3, 0.4) is 0 Å². The molecule has 5 nitrogen and oxygen atoms in total. The molecule has 0 amide bonds. The van der Waals surface area contributed by atoms with Gasteiger partial charge in [-0.25, -0.2) is 8.42 Å². The summed E-state index contributed by atoms with van der Waals surface area (Å²) in [6, 6.07) is 14.1. The summed E-state index contributed by atoms with van der Waals surface area (Å²) in [5.74, 6) is 0.262. The number of fused-ring (bicyclic) bond motifs is 1. The normalized spacial score (nSPS) is 16.9. The van der Waals surface area contributed by atoms with Gasteiger partial charge in [0.15, 0.2) is 5.96 Å². The smallest absolute Gasteiger partial charge is 0.206 e. The molecule has 6 heteroatoms. The molecule has 1 aliphatic carbocycles. The van der Waals surface area contributed by atoms with Crippen molar-refractivity contribution in [3.05, 3.63) is 59.7 Å². The maximum Gasteiger partial charge on any atom is 0.206 e. The second-order valence-electron chi connectivity index (χ2n) is 6.40. The van der Waals surface area contributed by atoms with Gasteiger partial charge in [0.25, 0.3) is 0 Å². The van der Waals surface area contributed by atoms with Crippen LogP contribution in [0.1, 0.15) is 36.3 Å². The summed E-state index contributed by atoms with van der Waals surface area (Å²) in [6.45, 7) is 0.620. The number of nitrogens with two attached hydrogens (primary N) is 1. The average molecular weight is 357 g/mol. The molecule has 0 radical (unpaired) electrons. The fraction of sp³-hybridized carbons (Fsp3) is 0.316. The molecule has 0 bridgehead atoms. The molecular formula is C19H23N3O2S. The van der Waals surface area contributed by atoms with E-state index in [0.29, 0.717) is 22.3 Å². The van der Waals surface area contributed by atoms with E-state index in [1.54, 1.807) is 30.3 Å². The zero-order chi connectivity index (χ0) is 17.9. The van der Waals surface area contributed by atoms with Crippen LogP contribution in [0.5, 0.6) is 0 Å². The van der Waals surface area contributed by atoms with Crippen molar-refractivity contribution in [1.29, 1.82) is 5.41 Å². The molecule has 0 saturated carbocycles. The number of guanidine groups is 1. The maximum atomic E-state index is 12.9.